The summed E-state index contributed by atoms with van der Waals surface area (Å²) in [4.78, 5) is 51.9. The Labute approximate surface area is 302 Å². The van der Waals surface area contributed by atoms with Gasteiger partial charge in [0.05, 0.1) is 25.2 Å². The van der Waals surface area contributed by atoms with Crippen LogP contribution in [0.4, 0.5) is 4.79 Å². The Morgan fingerprint density at radius 3 is 1.71 bits per heavy atom. The first-order valence-electron chi connectivity index (χ1n) is 18.9. The highest BCUT2D eigenvalue weighted by molar-refractivity contribution is 5.88. The minimum absolute atomic E-state index is 0.176. The summed E-state index contributed by atoms with van der Waals surface area (Å²) in [5, 5.41) is 0. The lowest BCUT2D eigenvalue weighted by Crippen LogP contribution is -2.60. The van der Waals surface area contributed by atoms with E-state index in [4.69, 9.17) is 23.7 Å². The lowest BCUT2D eigenvalue weighted by molar-refractivity contribution is -0.956. The molecule has 278 valence electrons. The SMILES string of the molecule is CC(C)(C)OC(=O)CCCCCCCCC(=O)OCOC(=O)OC(C(=O)OC1CC2CCC(C1)[N+]21CCCC1)(c1ccccc1)c1ccccc1. The molecule has 0 saturated carbocycles. The van der Waals surface area contributed by atoms with Crippen LogP contribution in [0, 0.1) is 0 Å². The van der Waals surface area contributed by atoms with Gasteiger partial charge in [-0.25, -0.2) is 9.59 Å². The number of ether oxygens (including phenoxy) is 5. The van der Waals surface area contributed by atoms with E-state index >= 15 is 0 Å². The second-order valence-corrected chi connectivity index (χ2v) is 15.4. The van der Waals surface area contributed by atoms with Gasteiger partial charge in [-0.15, -0.1) is 0 Å². The van der Waals surface area contributed by atoms with Gasteiger partial charge >= 0.3 is 24.1 Å². The van der Waals surface area contributed by atoms with Gasteiger partial charge in [-0.05, 0) is 33.6 Å². The normalized spacial score (nSPS) is 20.8. The molecule has 0 aromatic heterocycles. The number of rotatable bonds is 16. The zero-order valence-electron chi connectivity index (χ0n) is 30.6. The molecular formula is C41H56NO9+. The summed E-state index contributed by atoms with van der Waals surface area (Å²) >= 11 is 0. The summed E-state index contributed by atoms with van der Waals surface area (Å²) < 4.78 is 29.2. The fraction of sp³-hybridized carbons (Fsp3) is 0.610. The lowest BCUT2D eigenvalue weighted by Gasteiger charge is -2.47. The van der Waals surface area contributed by atoms with E-state index in [9.17, 15) is 19.2 Å². The van der Waals surface area contributed by atoms with Crippen LogP contribution in [-0.4, -0.2) is 72.2 Å². The molecule has 10 nitrogen and oxygen atoms in total. The zero-order chi connectivity index (χ0) is 36.3. The number of hydrogen-bond donors (Lipinski definition) is 0. The highest BCUT2D eigenvalue weighted by Crippen LogP contribution is 2.47. The highest BCUT2D eigenvalue weighted by atomic mass is 16.8. The Morgan fingerprint density at radius 1 is 0.667 bits per heavy atom. The molecule has 0 aliphatic carbocycles. The van der Waals surface area contributed by atoms with E-state index in [1.54, 1.807) is 48.5 Å². The van der Waals surface area contributed by atoms with E-state index in [-0.39, 0.29) is 18.5 Å². The minimum Gasteiger partial charge on any atom is -0.460 e. The average Bonchev–Trinajstić information content (AvgIpc) is 3.64. The van der Waals surface area contributed by atoms with Gasteiger partial charge in [0.15, 0.2) is 0 Å². The van der Waals surface area contributed by atoms with E-state index in [0.717, 1.165) is 57.8 Å². The van der Waals surface area contributed by atoms with Crippen LogP contribution in [0.1, 0.15) is 122 Å². The van der Waals surface area contributed by atoms with Crippen molar-refractivity contribution < 1.29 is 47.3 Å². The first-order chi connectivity index (χ1) is 24.5. The molecule has 10 heteroatoms. The standard InChI is InChI=1S/C41H56NO9/c1-40(2,3)50-37(44)23-15-7-5-4-6-14-22-36(43)47-30-48-39(46)51-41(31-18-10-8-11-19-31,32-20-12-9-13-21-32)38(45)49-35-28-33-24-25-34(29-35)42(33)26-16-17-27-42/h8-13,18-21,33-35H,4-7,14-17,22-30H2,1-3H3/q+1. The van der Waals surface area contributed by atoms with Crippen molar-refractivity contribution in [1.82, 2.24) is 0 Å². The largest absolute Gasteiger partial charge is 0.513 e. The Morgan fingerprint density at radius 2 is 1.18 bits per heavy atom. The first kappa shape index (κ1) is 38.3. The van der Waals surface area contributed by atoms with Crippen LogP contribution in [0.2, 0.25) is 0 Å². The number of esters is 3. The van der Waals surface area contributed by atoms with Crippen molar-refractivity contribution in [1.29, 1.82) is 0 Å². The third kappa shape index (κ3) is 9.90. The van der Waals surface area contributed by atoms with Crippen LogP contribution >= 0.6 is 0 Å². The Bertz CT molecular complexity index is 1390. The highest BCUT2D eigenvalue weighted by Gasteiger charge is 2.57. The van der Waals surface area contributed by atoms with Crippen LogP contribution in [-0.2, 0) is 43.7 Å². The molecule has 3 saturated heterocycles. The van der Waals surface area contributed by atoms with Gasteiger partial charge in [0.1, 0.15) is 11.7 Å². The number of carbonyl (C=O) groups is 4. The summed E-state index contributed by atoms with van der Waals surface area (Å²) in [6.45, 7) is 7.37. The molecule has 3 fully saturated rings. The molecule has 1 spiro atoms. The Kier molecular flexibility index (Phi) is 13.2. The van der Waals surface area contributed by atoms with Crippen molar-refractivity contribution >= 4 is 24.1 Å². The smallest absolute Gasteiger partial charge is 0.460 e. The monoisotopic (exact) mass is 706 g/mol. The number of piperidine rings is 1. The quantitative estimate of drug-likeness (QED) is 0.0565. The molecule has 0 amide bonds. The van der Waals surface area contributed by atoms with E-state index in [2.05, 4.69) is 0 Å². The van der Waals surface area contributed by atoms with Crippen LogP contribution < -0.4 is 0 Å². The van der Waals surface area contributed by atoms with Crippen molar-refractivity contribution in [2.45, 2.75) is 140 Å². The molecule has 0 N–H and O–H groups in total. The Balaban J connectivity index is 1.12. The second-order valence-electron chi connectivity index (χ2n) is 15.4. The predicted molar refractivity (Wildman–Crippen MR) is 190 cm³/mol. The molecule has 2 unspecified atom stereocenters. The summed E-state index contributed by atoms with van der Waals surface area (Å²) in [6.07, 6.45) is 10.7. The van der Waals surface area contributed by atoms with Crippen molar-refractivity contribution in [3.05, 3.63) is 71.8 Å². The molecule has 2 atom stereocenters. The van der Waals surface area contributed by atoms with Gasteiger partial charge in [-0.1, -0.05) is 86.3 Å². The molecule has 0 radical (unpaired) electrons. The fourth-order valence-corrected chi connectivity index (χ4v) is 8.46. The first-order valence-corrected chi connectivity index (χ1v) is 18.9. The van der Waals surface area contributed by atoms with Gasteiger partial charge < -0.3 is 28.2 Å². The topological polar surface area (TPSA) is 114 Å². The number of quaternary nitrogens is 1. The van der Waals surface area contributed by atoms with Gasteiger partial charge in [-0.3, -0.25) is 9.59 Å². The summed E-state index contributed by atoms with van der Waals surface area (Å²) in [6, 6.07) is 18.7. The zero-order valence-corrected chi connectivity index (χ0v) is 30.6. The van der Waals surface area contributed by atoms with Gasteiger partial charge in [-0.2, -0.15) is 0 Å². The van der Waals surface area contributed by atoms with E-state index in [1.807, 2.05) is 32.9 Å². The van der Waals surface area contributed by atoms with Gasteiger partial charge in [0.2, 0.25) is 6.79 Å². The molecule has 3 aliphatic rings. The minimum atomic E-state index is -1.92. The van der Waals surface area contributed by atoms with Crippen molar-refractivity contribution in [2.24, 2.45) is 0 Å². The van der Waals surface area contributed by atoms with Crippen molar-refractivity contribution in [2.75, 3.05) is 19.9 Å². The van der Waals surface area contributed by atoms with Crippen LogP contribution in [0.5, 0.6) is 0 Å². The van der Waals surface area contributed by atoms with Crippen molar-refractivity contribution in [3.63, 3.8) is 0 Å². The molecule has 2 aromatic rings. The van der Waals surface area contributed by atoms with E-state index < -0.39 is 36.1 Å². The molecule has 51 heavy (non-hydrogen) atoms. The third-order valence-electron chi connectivity index (χ3n) is 10.7. The Hall–Kier alpha value is -3.92. The molecule has 5 rings (SSSR count). The number of unbranched alkanes of at least 4 members (excludes halogenated alkanes) is 5. The fourth-order valence-electron chi connectivity index (χ4n) is 8.46. The van der Waals surface area contributed by atoms with Crippen molar-refractivity contribution in [3.8, 4) is 0 Å². The molecule has 3 heterocycles. The number of carbonyl (C=O) groups excluding carboxylic acids is 4. The van der Waals surface area contributed by atoms with Gasteiger partial charge in [0, 0.05) is 62.5 Å². The van der Waals surface area contributed by atoms with Gasteiger partial charge in [0.25, 0.3) is 5.60 Å². The summed E-state index contributed by atoms with van der Waals surface area (Å²) in [5.41, 5.74) is -1.53. The molecule has 2 bridgehead atoms. The maximum atomic E-state index is 14.4. The van der Waals surface area contributed by atoms with E-state index in [1.165, 1.54) is 30.4 Å². The summed E-state index contributed by atoms with van der Waals surface area (Å²) in [5.74, 6) is -1.34. The predicted octanol–water partition coefficient (Wildman–Crippen LogP) is 7.89. The lowest BCUT2D eigenvalue weighted by atomic mass is 9.85. The van der Waals surface area contributed by atoms with E-state index in [0.29, 0.717) is 36.1 Å². The number of benzene rings is 2. The summed E-state index contributed by atoms with van der Waals surface area (Å²) in [7, 11) is 0. The second kappa shape index (κ2) is 17.5. The number of nitrogens with zero attached hydrogens (tertiary/aromatic N) is 1. The molecule has 2 aromatic carbocycles. The third-order valence-corrected chi connectivity index (χ3v) is 10.7. The van der Waals surface area contributed by atoms with Crippen LogP contribution in [0.25, 0.3) is 0 Å². The molecular weight excluding hydrogens is 650 g/mol. The maximum Gasteiger partial charge on any atom is 0.513 e. The van der Waals surface area contributed by atoms with Crippen LogP contribution in [0.15, 0.2) is 60.7 Å². The number of hydrogen-bond acceptors (Lipinski definition) is 9. The molecule has 3 aliphatic heterocycles. The average molecular weight is 707 g/mol. The van der Waals surface area contributed by atoms with Crippen LogP contribution in [0.3, 0.4) is 0 Å². The maximum absolute atomic E-state index is 14.4.